The maximum Gasteiger partial charge on any atom is 0.223 e. The zero-order valence-corrected chi connectivity index (χ0v) is 19.7. The standard InChI is InChI=1S/C28H37N3O/c1-21(32)31-19-7-10-26-20-25(15-16-27(26)31)22-11-13-24(14-12-22)28(23-8-6-9-23)30-18-5-3-4-17-29-2/h11-16,20,29-30H,3-10,17-19H2,1-2H3. The molecule has 2 aromatic carbocycles. The van der Waals surface area contributed by atoms with Gasteiger partial charge in [-0.15, -0.1) is 0 Å². The number of benzene rings is 2. The summed E-state index contributed by atoms with van der Waals surface area (Å²) < 4.78 is 0. The van der Waals surface area contributed by atoms with Crippen LogP contribution in [-0.2, 0) is 11.2 Å². The number of unbranched alkanes of at least 4 members (excludes halogenated alkanes) is 2. The van der Waals surface area contributed by atoms with Crippen LogP contribution in [0, 0.1) is 0 Å². The van der Waals surface area contributed by atoms with E-state index < -0.39 is 0 Å². The van der Waals surface area contributed by atoms with E-state index in [2.05, 4.69) is 53.1 Å². The first-order chi connectivity index (χ1) is 15.7. The third-order valence-corrected chi connectivity index (χ3v) is 6.80. The molecule has 0 saturated heterocycles. The summed E-state index contributed by atoms with van der Waals surface area (Å²) in [4.78, 5) is 13.9. The lowest BCUT2D eigenvalue weighted by Crippen LogP contribution is -2.33. The normalized spacial score (nSPS) is 15.2. The summed E-state index contributed by atoms with van der Waals surface area (Å²) in [5.41, 5.74) is 9.08. The highest BCUT2D eigenvalue weighted by Gasteiger charge is 2.20. The van der Waals surface area contributed by atoms with E-state index in [4.69, 9.17) is 0 Å². The first kappa shape index (κ1) is 22.6. The molecule has 2 aromatic rings. The van der Waals surface area contributed by atoms with E-state index in [1.54, 1.807) is 12.5 Å². The Labute approximate surface area is 193 Å². The first-order valence-corrected chi connectivity index (χ1v) is 12.3. The number of carbonyl (C=O) groups excluding carboxylic acids is 1. The summed E-state index contributed by atoms with van der Waals surface area (Å²) >= 11 is 0. The van der Waals surface area contributed by atoms with Gasteiger partial charge in [-0.1, -0.05) is 36.8 Å². The highest BCUT2D eigenvalue weighted by atomic mass is 16.2. The Morgan fingerprint density at radius 3 is 2.34 bits per heavy atom. The summed E-state index contributed by atoms with van der Waals surface area (Å²) in [6, 6.07) is 15.6. The molecular formula is C28H37N3O. The van der Waals surface area contributed by atoms with Crippen molar-refractivity contribution in [2.24, 2.45) is 0 Å². The van der Waals surface area contributed by atoms with Crippen LogP contribution in [0.2, 0.25) is 0 Å². The number of rotatable bonds is 9. The average molecular weight is 432 g/mol. The molecular weight excluding hydrogens is 394 g/mol. The van der Waals surface area contributed by atoms with E-state index in [1.165, 1.54) is 66.5 Å². The summed E-state index contributed by atoms with van der Waals surface area (Å²) in [5, 5.41) is 6.98. The van der Waals surface area contributed by atoms with Crippen LogP contribution in [0.5, 0.6) is 0 Å². The van der Waals surface area contributed by atoms with Gasteiger partial charge in [0.05, 0.1) is 0 Å². The van der Waals surface area contributed by atoms with E-state index in [9.17, 15) is 4.79 Å². The molecule has 0 radical (unpaired) electrons. The Hall–Kier alpha value is -2.59. The molecule has 32 heavy (non-hydrogen) atoms. The van der Waals surface area contributed by atoms with Gasteiger partial charge in [-0.2, -0.15) is 0 Å². The summed E-state index contributed by atoms with van der Waals surface area (Å²) in [7, 11) is 2.02. The fourth-order valence-corrected chi connectivity index (χ4v) is 4.78. The predicted octanol–water partition coefficient (Wildman–Crippen LogP) is 5.53. The summed E-state index contributed by atoms with van der Waals surface area (Å²) in [5.74, 6) is 0.133. The molecule has 170 valence electrons. The third-order valence-electron chi connectivity index (χ3n) is 6.80. The zero-order valence-electron chi connectivity index (χ0n) is 19.7. The van der Waals surface area contributed by atoms with Crippen molar-refractivity contribution in [1.82, 2.24) is 10.6 Å². The molecule has 0 spiro atoms. The summed E-state index contributed by atoms with van der Waals surface area (Å²) in [6.07, 6.45) is 9.54. The Balaban J connectivity index is 1.46. The van der Waals surface area contributed by atoms with Crippen LogP contribution < -0.4 is 15.5 Å². The average Bonchev–Trinajstić information content (AvgIpc) is 2.78. The molecule has 4 nitrogen and oxygen atoms in total. The number of amides is 1. The van der Waals surface area contributed by atoms with Crippen LogP contribution in [0.4, 0.5) is 5.69 Å². The number of nitrogens with zero attached hydrogens (tertiary/aromatic N) is 1. The van der Waals surface area contributed by atoms with Gasteiger partial charge in [0, 0.05) is 31.4 Å². The third kappa shape index (κ3) is 5.24. The van der Waals surface area contributed by atoms with E-state index >= 15 is 0 Å². The summed E-state index contributed by atoms with van der Waals surface area (Å²) in [6.45, 7) is 4.63. The van der Waals surface area contributed by atoms with E-state index in [-0.39, 0.29) is 5.91 Å². The molecule has 0 atom stereocenters. The van der Waals surface area contributed by atoms with Gasteiger partial charge in [0.25, 0.3) is 0 Å². The van der Waals surface area contributed by atoms with Crippen molar-refractivity contribution in [2.45, 2.75) is 58.3 Å². The number of aryl methyl sites for hydroxylation is 1. The van der Waals surface area contributed by atoms with Crippen LogP contribution in [0.15, 0.2) is 48.0 Å². The van der Waals surface area contributed by atoms with Crippen LogP contribution in [0.1, 0.15) is 63.0 Å². The SMILES string of the molecule is CNCCCCCNC(=C1CCC1)c1ccc(-c2ccc3c(c2)CCCN3C(C)=O)cc1. The topological polar surface area (TPSA) is 44.4 Å². The molecule has 2 aliphatic rings. The first-order valence-electron chi connectivity index (χ1n) is 12.3. The van der Waals surface area contributed by atoms with Gasteiger partial charge >= 0.3 is 0 Å². The van der Waals surface area contributed by atoms with Gasteiger partial charge < -0.3 is 15.5 Å². The number of carbonyl (C=O) groups is 1. The molecule has 1 saturated carbocycles. The molecule has 1 aliphatic heterocycles. The lowest BCUT2D eigenvalue weighted by Gasteiger charge is -2.29. The predicted molar refractivity (Wildman–Crippen MR) is 135 cm³/mol. The van der Waals surface area contributed by atoms with Crippen molar-refractivity contribution in [1.29, 1.82) is 0 Å². The Kier molecular flexibility index (Phi) is 7.64. The zero-order chi connectivity index (χ0) is 22.3. The van der Waals surface area contributed by atoms with Gasteiger partial charge in [0.1, 0.15) is 0 Å². The smallest absolute Gasteiger partial charge is 0.223 e. The van der Waals surface area contributed by atoms with Gasteiger partial charge in [-0.3, -0.25) is 4.79 Å². The van der Waals surface area contributed by atoms with E-state index in [1.807, 2.05) is 11.9 Å². The second kappa shape index (κ2) is 10.8. The number of hydrogen-bond acceptors (Lipinski definition) is 3. The molecule has 0 aromatic heterocycles. The highest BCUT2D eigenvalue weighted by molar-refractivity contribution is 5.93. The van der Waals surface area contributed by atoms with Crippen LogP contribution in [-0.4, -0.2) is 32.6 Å². The van der Waals surface area contributed by atoms with Crippen LogP contribution in [0.25, 0.3) is 16.8 Å². The Morgan fingerprint density at radius 1 is 0.906 bits per heavy atom. The van der Waals surface area contributed by atoms with Crippen LogP contribution >= 0.6 is 0 Å². The lowest BCUT2D eigenvalue weighted by molar-refractivity contribution is -0.116. The number of anilines is 1. The lowest BCUT2D eigenvalue weighted by atomic mass is 9.88. The fraction of sp³-hybridized carbons (Fsp3) is 0.464. The minimum atomic E-state index is 0.133. The molecule has 0 bridgehead atoms. The Bertz CT molecular complexity index is 955. The molecule has 4 rings (SSSR count). The van der Waals surface area contributed by atoms with Crippen molar-refractivity contribution < 1.29 is 4.79 Å². The van der Waals surface area contributed by atoms with Crippen LogP contribution in [0.3, 0.4) is 0 Å². The maximum absolute atomic E-state index is 12.0. The number of allylic oxidation sites excluding steroid dienone is 1. The quantitative estimate of drug-likeness (QED) is 0.513. The van der Waals surface area contributed by atoms with E-state index in [0.29, 0.717) is 0 Å². The fourth-order valence-electron chi connectivity index (χ4n) is 4.78. The van der Waals surface area contributed by atoms with Gasteiger partial charge in [0.2, 0.25) is 5.91 Å². The van der Waals surface area contributed by atoms with Gasteiger partial charge in [0.15, 0.2) is 0 Å². The molecule has 2 N–H and O–H groups in total. The maximum atomic E-state index is 12.0. The molecule has 1 aliphatic carbocycles. The number of hydrogen-bond donors (Lipinski definition) is 2. The number of nitrogens with one attached hydrogen (secondary N) is 2. The van der Waals surface area contributed by atoms with E-state index in [0.717, 1.165) is 38.2 Å². The highest BCUT2D eigenvalue weighted by Crippen LogP contribution is 2.34. The largest absolute Gasteiger partial charge is 0.385 e. The van der Waals surface area contributed by atoms with Crippen molar-refractivity contribution in [2.75, 3.05) is 31.6 Å². The van der Waals surface area contributed by atoms with Crippen molar-refractivity contribution >= 4 is 17.3 Å². The van der Waals surface area contributed by atoms with Crippen molar-refractivity contribution in [3.8, 4) is 11.1 Å². The molecule has 1 amide bonds. The minimum Gasteiger partial charge on any atom is -0.385 e. The van der Waals surface area contributed by atoms with Crippen molar-refractivity contribution in [3.63, 3.8) is 0 Å². The molecule has 0 unspecified atom stereocenters. The molecule has 4 heteroatoms. The Morgan fingerprint density at radius 2 is 1.66 bits per heavy atom. The minimum absolute atomic E-state index is 0.133. The monoisotopic (exact) mass is 431 g/mol. The second-order valence-electron chi connectivity index (χ2n) is 9.12. The molecule has 1 heterocycles. The second-order valence-corrected chi connectivity index (χ2v) is 9.12. The van der Waals surface area contributed by atoms with Crippen molar-refractivity contribution in [3.05, 3.63) is 59.2 Å². The number of fused-ring (bicyclic) bond motifs is 1. The van der Waals surface area contributed by atoms with Gasteiger partial charge in [-0.05, 0) is 98.5 Å². The molecule has 1 fully saturated rings. The van der Waals surface area contributed by atoms with Gasteiger partial charge in [-0.25, -0.2) is 0 Å².